The molecule has 3 aromatic rings. The largest absolute Gasteiger partial charge is 0.496 e. The highest BCUT2D eigenvalue weighted by atomic mass is 19.1. The Kier molecular flexibility index (Phi) is 5.89. The van der Waals surface area contributed by atoms with Crippen LogP contribution >= 0.6 is 0 Å². The second-order valence-electron chi connectivity index (χ2n) is 6.31. The third-order valence-electron chi connectivity index (χ3n) is 4.22. The summed E-state index contributed by atoms with van der Waals surface area (Å²) in [5.74, 6) is 0.816. The standard InChI is InChI=1S/C22H21FN2O3/c1-15-20(13-25(2)24-15)21(26)10-4-16-5-11-22(27-3)17(12-16)14-28-19-8-6-18(23)7-9-19/h4-13H,14H2,1-3H3/b10-4+. The quantitative estimate of drug-likeness (QED) is 0.452. The normalized spacial score (nSPS) is 11.0. The molecule has 144 valence electrons. The smallest absolute Gasteiger partial charge is 0.189 e. The van der Waals surface area contributed by atoms with Crippen molar-refractivity contribution < 1.29 is 18.7 Å². The molecule has 0 bridgehead atoms. The topological polar surface area (TPSA) is 53.4 Å². The van der Waals surface area contributed by atoms with Crippen molar-refractivity contribution in [1.29, 1.82) is 0 Å². The summed E-state index contributed by atoms with van der Waals surface area (Å²) in [7, 11) is 3.37. The van der Waals surface area contributed by atoms with Crippen molar-refractivity contribution in [3.63, 3.8) is 0 Å². The van der Waals surface area contributed by atoms with Gasteiger partial charge in [0, 0.05) is 18.8 Å². The predicted molar refractivity (Wildman–Crippen MR) is 105 cm³/mol. The number of aryl methyl sites for hydroxylation is 2. The molecule has 2 aromatic carbocycles. The lowest BCUT2D eigenvalue weighted by Crippen LogP contribution is -1.99. The van der Waals surface area contributed by atoms with Gasteiger partial charge in [0.1, 0.15) is 23.9 Å². The first kappa shape index (κ1) is 19.4. The van der Waals surface area contributed by atoms with E-state index in [2.05, 4.69) is 5.10 Å². The molecule has 0 aliphatic carbocycles. The monoisotopic (exact) mass is 380 g/mol. The van der Waals surface area contributed by atoms with E-state index in [1.165, 1.54) is 18.2 Å². The summed E-state index contributed by atoms with van der Waals surface area (Å²) in [4.78, 5) is 12.4. The molecule has 0 aliphatic rings. The van der Waals surface area contributed by atoms with Crippen LogP contribution in [0.15, 0.2) is 54.7 Å². The van der Waals surface area contributed by atoms with Gasteiger partial charge >= 0.3 is 0 Å². The zero-order valence-corrected chi connectivity index (χ0v) is 16.0. The summed E-state index contributed by atoms with van der Waals surface area (Å²) in [6.45, 7) is 2.06. The highest BCUT2D eigenvalue weighted by Gasteiger charge is 2.10. The third-order valence-corrected chi connectivity index (χ3v) is 4.22. The minimum absolute atomic E-state index is 0.106. The first-order valence-electron chi connectivity index (χ1n) is 8.74. The summed E-state index contributed by atoms with van der Waals surface area (Å²) in [5, 5.41) is 4.19. The van der Waals surface area contributed by atoms with Crippen LogP contribution < -0.4 is 9.47 Å². The van der Waals surface area contributed by atoms with Crippen molar-refractivity contribution in [2.24, 2.45) is 7.05 Å². The van der Waals surface area contributed by atoms with Gasteiger partial charge in [0.25, 0.3) is 0 Å². The molecule has 0 N–H and O–H groups in total. The van der Waals surface area contributed by atoms with E-state index >= 15 is 0 Å². The van der Waals surface area contributed by atoms with Crippen molar-refractivity contribution in [1.82, 2.24) is 9.78 Å². The zero-order chi connectivity index (χ0) is 20.1. The number of ketones is 1. The number of nitrogens with zero attached hydrogens (tertiary/aromatic N) is 2. The van der Waals surface area contributed by atoms with Gasteiger partial charge in [0.05, 0.1) is 18.4 Å². The average molecular weight is 380 g/mol. The van der Waals surface area contributed by atoms with Gasteiger partial charge in [0.15, 0.2) is 5.78 Å². The van der Waals surface area contributed by atoms with Crippen molar-refractivity contribution in [3.8, 4) is 11.5 Å². The molecule has 5 nitrogen and oxygen atoms in total. The van der Waals surface area contributed by atoms with Gasteiger partial charge in [-0.2, -0.15) is 5.10 Å². The van der Waals surface area contributed by atoms with Crippen LogP contribution in [0.5, 0.6) is 11.5 Å². The number of hydrogen-bond acceptors (Lipinski definition) is 4. The number of carbonyl (C=O) groups is 1. The van der Waals surface area contributed by atoms with Crippen molar-refractivity contribution in [2.75, 3.05) is 7.11 Å². The molecule has 0 fully saturated rings. The molecule has 0 atom stereocenters. The van der Waals surface area contributed by atoms with Gasteiger partial charge in [-0.1, -0.05) is 12.1 Å². The molecule has 0 radical (unpaired) electrons. The number of methoxy groups -OCH3 is 1. The van der Waals surface area contributed by atoms with Crippen LogP contribution in [0, 0.1) is 12.7 Å². The molecule has 1 heterocycles. The average Bonchev–Trinajstić information content (AvgIpc) is 3.04. The fourth-order valence-corrected chi connectivity index (χ4v) is 2.81. The minimum Gasteiger partial charge on any atom is -0.496 e. The number of hydrogen-bond donors (Lipinski definition) is 0. The number of ether oxygens (including phenoxy) is 2. The zero-order valence-electron chi connectivity index (χ0n) is 16.0. The molecule has 1 aromatic heterocycles. The Morgan fingerprint density at radius 1 is 1.21 bits per heavy atom. The van der Waals surface area contributed by atoms with E-state index in [1.807, 2.05) is 18.2 Å². The number of halogens is 1. The van der Waals surface area contributed by atoms with Crippen molar-refractivity contribution >= 4 is 11.9 Å². The number of benzene rings is 2. The number of aromatic nitrogens is 2. The summed E-state index contributed by atoms with van der Waals surface area (Å²) < 4.78 is 25.7. The second-order valence-corrected chi connectivity index (χ2v) is 6.31. The molecule has 0 spiro atoms. The number of carbonyl (C=O) groups excluding carboxylic acids is 1. The van der Waals surface area contributed by atoms with E-state index in [9.17, 15) is 9.18 Å². The van der Waals surface area contributed by atoms with Gasteiger partial charge in [-0.15, -0.1) is 0 Å². The Balaban J connectivity index is 1.75. The molecule has 0 saturated carbocycles. The van der Waals surface area contributed by atoms with E-state index in [0.717, 1.165) is 11.1 Å². The fraction of sp³-hybridized carbons (Fsp3) is 0.182. The summed E-state index contributed by atoms with van der Waals surface area (Å²) in [6.07, 6.45) is 4.98. The van der Waals surface area contributed by atoms with Crippen LogP contribution in [0.1, 0.15) is 27.2 Å². The van der Waals surface area contributed by atoms with E-state index < -0.39 is 0 Å². The van der Waals surface area contributed by atoms with E-state index in [0.29, 0.717) is 22.8 Å². The van der Waals surface area contributed by atoms with Crippen LogP contribution in [0.2, 0.25) is 0 Å². The number of rotatable bonds is 7. The van der Waals surface area contributed by atoms with E-state index in [4.69, 9.17) is 9.47 Å². The van der Waals surface area contributed by atoms with Gasteiger partial charge in [-0.3, -0.25) is 9.48 Å². The Morgan fingerprint density at radius 2 is 1.96 bits per heavy atom. The first-order chi connectivity index (χ1) is 13.5. The Hall–Kier alpha value is -3.41. The van der Waals surface area contributed by atoms with E-state index in [1.54, 1.807) is 50.2 Å². The van der Waals surface area contributed by atoms with Crippen LogP contribution in [-0.4, -0.2) is 22.7 Å². The fourth-order valence-electron chi connectivity index (χ4n) is 2.81. The van der Waals surface area contributed by atoms with Crippen LogP contribution in [0.4, 0.5) is 4.39 Å². The Morgan fingerprint density at radius 3 is 2.61 bits per heavy atom. The van der Waals surface area contributed by atoms with Gasteiger partial charge in [-0.05, 0) is 55.0 Å². The summed E-state index contributed by atoms with van der Waals surface area (Å²) >= 11 is 0. The predicted octanol–water partition coefficient (Wildman–Crippen LogP) is 4.35. The maximum absolute atomic E-state index is 13.0. The highest BCUT2D eigenvalue weighted by Crippen LogP contribution is 2.23. The Bertz CT molecular complexity index is 1010. The van der Waals surface area contributed by atoms with Gasteiger partial charge in [0.2, 0.25) is 0 Å². The lowest BCUT2D eigenvalue weighted by molar-refractivity contribution is 0.104. The number of allylic oxidation sites excluding steroid dienone is 1. The molecule has 3 rings (SSSR count). The van der Waals surface area contributed by atoms with Crippen molar-refractivity contribution in [2.45, 2.75) is 13.5 Å². The molecule has 28 heavy (non-hydrogen) atoms. The minimum atomic E-state index is -0.314. The Labute approximate surface area is 163 Å². The molecular formula is C22H21FN2O3. The summed E-state index contributed by atoms with van der Waals surface area (Å²) in [6, 6.07) is 11.4. The maximum Gasteiger partial charge on any atom is 0.189 e. The molecular weight excluding hydrogens is 359 g/mol. The first-order valence-corrected chi connectivity index (χ1v) is 8.74. The third kappa shape index (κ3) is 4.65. The molecule has 0 amide bonds. The van der Waals surface area contributed by atoms with Crippen molar-refractivity contribution in [3.05, 3.63) is 82.9 Å². The lowest BCUT2D eigenvalue weighted by atomic mass is 10.1. The van der Waals surface area contributed by atoms with Gasteiger partial charge in [-0.25, -0.2) is 4.39 Å². The van der Waals surface area contributed by atoms with Crippen LogP contribution in [0.3, 0.4) is 0 Å². The molecule has 6 heteroatoms. The van der Waals surface area contributed by atoms with Crippen LogP contribution in [0.25, 0.3) is 6.08 Å². The van der Waals surface area contributed by atoms with E-state index in [-0.39, 0.29) is 18.2 Å². The summed E-state index contributed by atoms with van der Waals surface area (Å²) in [5.41, 5.74) is 2.93. The highest BCUT2D eigenvalue weighted by molar-refractivity contribution is 6.07. The second kappa shape index (κ2) is 8.52. The molecule has 0 saturated heterocycles. The molecule has 0 unspecified atom stereocenters. The maximum atomic E-state index is 13.0. The van der Waals surface area contributed by atoms with Gasteiger partial charge < -0.3 is 9.47 Å². The van der Waals surface area contributed by atoms with Crippen LogP contribution in [-0.2, 0) is 13.7 Å². The lowest BCUT2D eigenvalue weighted by Gasteiger charge is -2.11. The molecule has 0 aliphatic heterocycles. The SMILES string of the molecule is COc1ccc(/C=C/C(=O)c2cn(C)nc2C)cc1COc1ccc(F)cc1.